The van der Waals surface area contributed by atoms with E-state index in [1.165, 1.54) is 66.9 Å². The van der Waals surface area contributed by atoms with Gasteiger partial charge in [0.05, 0.1) is 11.9 Å². The van der Waals surface area contributed by atoms with Gasteiger partial charge in [0.15, 0.2) is 5.65 Å². The van der Waals surface area contributed by atoms with E-state index in [0.29, 0.717) is 28.9 Å². The van der Waals surface area contributed by atoms with Gasteiger partial charge in [-0.3, -0.25) is 9.36 Å². The van der Waals surface area contributed by atoms with E-state index in [1.807, 2.05) is 13.8 Å². The molecule has 0 radical (unpaired) electrons. The van der Waals surface area contributed by atoms with Crippen LogP contribution in [0.25, 0.3) is 22.4 Å². The number of benzene rings is 1. The van der Waals surface area contributed by atoms with Gasteiger partial charge in [0, 0.05) is 35.7 Å². The lowest BCUT2D eigenvalue weighted by molar-refractivity contribution is 0.0983. The first-order chi connectivity index (χ1) is 19.0. The fourth-order valence-corrected chi connectivity index (χ4v) is 5.76. The highest BCUT2D eigenvalue weighted by Crippen LogP contribution is 2.51. The molecule has 2 aliphatic rings. The highest BCUT2D eigenvalue weighted by molar-refractivity contribution is 8.00. The van der Waals surface area contributed by atoms with Gasteiger partial charge in [-0.05, 0) is 59.3 Å². The quantitative estimate of drug-likeness (QED) is 0.243. The zero-order chi connectivity index (χ0) is 29.0. The monoisotopic (exact) mass is 577 g/mol. The molecule has 218 valence electrons. The molecule has 1 unspecified atom stereocenters. The molecule has 0 aliphatic heterocycles. The van der Waals surface area contributed by atoms with Crippen molar-refractivity contribution in [3.8, 4) is 11.3 Å². The number of nitrogens with one attached hydrogen (secondary N) is 1. The van der Waals surface area contributed by atoms with Crippen molar-refractivity contribution in [1.29, 1.82) is 0 Å². The number of hydrogen-bond donors (Lipinski definition) is 2. The molecule has 8 nitrogen and oxygen atoms in total. The van der Waals surface area contributed by atoms with Crippen LogP contribution in [0.2, 0.25) is 0 Å². The lowest BCUT2D eigenvalue weighted by Crippen LogP contribution is -2.29. The van der Waals surface area contributed by atoms with Crippen LogP contribution in [0.1, 0.15) is 64.8 Å². The lowest BCUT2D eigenvalue weighted by Gasteiger charge is -2.27. The van der Waals surface area contributed by atoms with Gasteiger partial charge in [-0.1, -0.05) is 37.3 Å². The van der Waals surface area contributed by atoms with Crippen LogP contribution < -0.4 is 16.0 Å². The van der Waals surface area contributed by atoms with Gasteiger partial charge in [-0.15, -0.1) is 0 Å². The molecule has 1 atom stereocenters. The van der Waals surface area contributed by atoms with Crippen molar-refractivity contribution in [2.24, 2.45) is 5.92 Å². The molecule has 1 aromatic carbocycles. The normalized spacial score (nSPS) is 18.6. The minimum absolute atomic E-state index is 0.0280. The van der Waals surface area contributed by atoms with Gasteiger partial charge in [0.25, 0.3) is 11.5 Å². The Labute approximate surface area is 237 Å². The van der Waals surface area contributed by atoms with E-state index in [2.05, 4.69) is 38.7 Å². The van der Waals surface area contributed by atoms with Crippen molar-refractivity contribution in [1.82, 2.24) is 24.4 Å². The highest BCUT2D eigenvalue weighted by Gasteiger charge is 2.55. The molecule has 5 rings (SSSR count). The van der Waals surface area contributed by atoms with Gasteiger partial charge in [-0.25, -0.2) is 23.1 Å². The molecule has 0 spiro atoms. The summed E-state index contributed by atoms with van der Waals surface area (Å²) in [4.78, 5) is 27.8. The molecule has 2 saturated carbocycles. The zero-order valence-corrected chi connectivity index (χ0v) is 24.3. The third kappa shape index (κ3) is 7.25. The first-order valence-corrected chi connectivity index (χ1v) is 14.7. The lowest BCUT2D eigenvalue weighted by atomic mass is 9.95. The van der Waals surface area contributed by atoms with Crippen LogP contribution in [-0.2, 0) is 0 Å². The van der Waals surface area contributed by atoms with Crippen molar-refractivity contribution in [3.05, 3.63) is 40.6 Å². The molecule has 2 aliphatic carbocycles. The first kappa shape index (κ1) is 30.1. The van der Waals surface area contributed by atoms with Crippen LogP contribution in [-0.4, -0.2) is 56.2 Å². The number of rotatable bonds is 8. The maximum absolute atomic E-state index is 14.6. The fourth-order valence-electron chi connectivity index (χ4n) is 4.94. The summed E-state index contributed by atoms with van der Waals surface area (Å²) in [5.74, 6) is -3.22. The van der Waals surface area contributed by atoms with E-state index in [1.54, 1.807) is 6.07 Å². The molecule has 0 saturated heterocycles. The van der Waals surface area contributed by atoms with Crippen LogP contribution in [0.4, 0.5) is 24.8 Å². The maximum Gasteiger partial charge on any atom is 0.278 e. The summed E-state index contributed by atoms with van der Waals surface area (Å²) in [5, 5.41) is 0. The third-order valence-corrected chi connectivity index (χ3v) is 8.22. The van der Waals surface area contributed by atoms with Crippen LogP contribution in [0.5, 0.6) is 0 Å². The Morgan fingerprint density at radius 2 is 1.90 bits per heavy atom. The number of nitrogen functional groups attached to an aromatic ring is 1. The minimum atomic E-state index is -2.54. The molecule has 12 heteroatoms. The molecule has 2 aromatic heterocycles. The summed E-state index contributed by atoms with van der Waals surface area (Å²) < 4.78 is 44.7. The van der Waals surface area contributed by atoms with Crippen LogP contribution >= 0.6 is 11.9 Å². The third-order valence-electron chi connectivity index (χ3n) is 7.42. The fraction of sp³-hybridized carbons (Fsp3) is 0.571. The molecule has 0 amide bonds. The predicted molar refractivity (Wildman–Crippen MR) is 156 cm³/mol. The van der Waals surface area contributed by atoms with E-state index in [4.69, 9.17) is 5.73 Å². The minimum Gasteiger partial charge on any atom is -0.368 e. The van der Waals surface area contributed by atoms with E-state index < -0.39 is 23.2 Å². The highest BCUT2D eigenvalue weighted by atomic mass is 32.2. The van der Waals surface area contributed by atoms with Crippen molar-refractivity contribution < 1.29 is 13.2 Å². The Bertz CT molecular complexity index is 1380. The van der Waals surface area contributed by atoms with E-state index in [-0.39, 0.29) is 29.8 Å². The van der Waals surface area contributed by atoms with Gasteiger partial charge in [-0.2, -0.15) is 4.98 Å². The molecule has 3 aromatic rings. The number of alkyl halides is 2. The number of fused-ring (bicyclic) bond motifs is 1. The SMILES string of the molecule is CC(C)n1c(=O)c(-c2ccc(NSCCC3CC3(F)F)c(F)c2)nc2cnc(N)nc21.CN(C)C1CCCCC1. The van der Waals surface area contributed by atoms with Gasteiger partial charge in [0.1, 0.15) is 17.0 Å². The molecule has 3 N–H and O–H groups in total. The Hall–Kier alpha value is -2.86. The maximum atomic E-state index is 14.6. The Kier molecular flexibility index (Phi) is 9.60. The number of nitrogens with two attached hydrogens (primary N) is 1. The van der Waals surface area contributed by atoms with Gasteiger partial charge >= 0.3 is 0 Å². The molecule has 2 heterocycles. The Morgan fingerprint density at radius 3 is 2.48 bits per heavy atom. The first-order valence-electron chi connectivity index (χ1n) is 13.7. The number of nitrogens with zero attached hydrogens (tertiary/aromatic N) is 5. The summed E-state index contributed by atoms with van der Waals surface area (Å²) in [6.45, 7) is 3.65. The van der Waals surface area contributed by atoms with Crippen LogP contribution in [0, 0.1) is 11.7 Å². The second-order valence-electron chi connectivity index (χ2n) is 11.0. The number of halogens is 3. The largest absolute Gasteiger partial charge is 0.368 e. The summed E-state index contributed by atoms with van der Waals surface area (Å²) in [5.41, 5.74) is 6.50. The predicted octanol–water partition coefficient (Wildman–Crippen LogP) is 6.14. The number of aromatic nitrogens is 4. The van der Waals surface area contributed by atoms with E-state index in [0.717, 1.165) is 6.04 Å². The smallest absolute Gasteiger partial charge is 0.278 e. The van der Waals surface area contributed by atoms with Crippen molar-refractivity contribution in [3.63, 3.8) is 0 Å². The average molecular weight is 578 g/mol. The molecule has 2 fully saturated rings. The molecule has 40 heavy (non-hydrogen) atoms. The van der Waals surface area contributed by atoms with E-state index >= 15 is 0 Å². The van der Waals surface area contributed by atoms with Crippen molar-refractivity contribution in [2.75, 3.05) is 30.3 Å². The molecular weight excluding hydrogens is 539 g/mol. The van der Waals surface area contributed by atoms with Crippen LogP contribution in [0.3, 0.4) is 0 Å². The average Bonchev–Trinajstić information content (AvgIpc) is 3.53. The topological polar surface area (TPSA) is 102 Å². The Morgan fingerprint density at radius 1 is 1.20 bits per heavy atom. The number of anilines is 2. The summed E-state index contributed by atoms with van der Waals surface area (Å²) in [6, 6.07) is 4.95. The second kappa shape index (κ2) is 12.8. The van der Waals surface area contributed by atoms with Crippen molar-refractivity contribution in [2.45, 2.75) is 76.8 Å². The van der Waals surface area contributed by atoms with Gasteiger partial charge < -0.3 is 15.4 Å². The van der Waals surface area contributed by atoms with E-state index in [9.17, 15) is 18.0 Å². The second-order valence-corrected chi connectivity index (χ2v) is 11.9. The Balaban J connectivity index is 0.000000350. The molecular formula is C28H38F3N7OS. The summed E-state index contributed by atoms with van der Waals surface area (Å²) in [7, 11) is 4.38. The van der Waals surface area contributed by atoms with Crippen molar-refractivity contribution >= 4 is 34.7 Å². The summed E-state index contributed by atoms with van der Waals surface area (Å²) >= 11 is 1.17. The van der Waals surface area contributed by atoms with Gasteiger partial charge in [0.2, 0.25) is 5.95 Å². The standard InChI is InChI=1S/C20H21F3N6OS.C8H17N/c1-10(2)29-17-15(9-25-19(24)27-17)26-16(18(29)30)11-3-4-14(13(21)7-11)28-31-6-5-12-8-20(12,22)23;1-9(2)8-6-4-3-5-7-8/h3-4,7,9-10,12,28H,5-6,8H2,1-2H3,(H2,24,25,27);8H,3-7H2,1-2H3. The number of hydrogen-bond acceptors (Lipinski definition) is 8. The van der Waals surface area contributed by atoms with Crippen LogP contribution in [0.15, 0.2) is 29.2 Å². The summed E-state index contributed by atoms with van der Waals surface area (Å²) in [6.07, 6.45) is 8.93. The zero-order valence-electron chi connectivity index (χ0n) is 23.5. The molecule has 0 bridgehead atoms.